The molecule has 0 aromatic heterocycles. The van der Waals surface area contributed by atoms with Crippen LogP contribution >= 0.6 is 0 Å². The van der Waals surface area contributed by atoms with Crippen LogP contribution in [0.4, 0.5) is 0 Å². The zero-order valence-corrected chi connectivity index (χ0v) is 38.5. The molecular formula is C47H70N6O11. The van der Waals surface area contributed by atoms with Crippen LogP contribution in [0.5, 0.6) is 0 Å². The molecule has 3 saturated carbocycles. The van der Waals surface area contributed by atoms with E-state index >= 15 is 0 Å². The lowest BCUT2D eigenvalue weighted by Gasteiger charge is -2.63. The monoisotopic (exact) mass is 895 g/mol. The molecule has 0 aromatic rings. The lowest BCUT2D eigenvalue weighted by atomic mass is 9.43. The maximum atomic E-state index is 14.6. The summed E-state index contributed by atoms with van der Waals surface area (Å²) in [5.41, 5.74) is 5.27. The average molecular weight is 895 g/mol. The van der Waals surface area contributed by atoms with Crippen LogP contribution in [0.1, 0.15) is 119 Å². The second-order valence-corrected chi connectivity index (χ2v) is 19.4. The number of Topliss-reactive ketones (excluding diaryl/α,β-unsaturated/α-hetero) is 1. The summed E-state index contributed by atoms with van der Waals surface area (Å²) in [7, 11) is 0. The Balaban J connectivity index is 1.00. The van der Waals surface area contributed by atoms with Crippen LogP contribution in [-0.2, 0) is 47.7 Å². The Hall–Kier alpha value is -4.16. The predicted molar refractivity (Wildman–Crippen MR) is 233 cm³/mol. The molecule has 1 aliphatic heterocycles. The summed E-state index contributed by atoms with van der Waals surface area (Å²) in [5, 5.41) is 26.8. The average Bonchev–Trinajstić information content (AvgIpc) is 3.77. The maximum Gasteiger partial charge on any atom is 0.246 e. The zero-order chi connectivity index (χ0) is 46.6. The molecule has 1 saturated heterocycles. The number of aliphatic hydroxyl groups is 1. The van der Waals surface area contributed by atoms with E-state index in [4.69, 9.17) is 24.5 Å². The third-order valence-electron chi connectivity index (χ3n) is 15.2. The Morgan fingerprint density at radius 1 is 1.00 bits per heavy atom. The van der Waals surface area contributed by atoms with Gasteiger partial charge < -0.3 is 45.3 Å². The molecule has 0 aromatic carbocycles. The third-order valence-corrected chi connectivity index (χ3v) is 15.2. The summed E-state index contributed by atoms with van der Waals surface area (Å²) in [6, 6.07) is -3.03. The molecule has 4 fully saturated rings. The highest BCUT2D eigenvalue weighted by Crippen LogP contribution is 2.72. The van der Waals surface area contributed by atoms with Gasteiger partial charge >= 0.3 is 0 Å². The number of carbonyl (C=O) groups excluding carboxylic acids is 6. The summed E-state index contributed by atoms with van der Waals surface area (Å²) in [5.74, 6) is -3.51. The van der Waals surface area contributed by atoms with Gasteiger partial charge in [0.1, 0.15) is 38.1 Å². The van der Waals surface area contributed by atoms with Gasteiger partial charge in [0.05, 0.1) is 23.9 Å². The van der Waals surface area contributed by atoms with Gasteiger partial charge in [-0.1, -0.05) is 70.8 Å². The third kappa shape index (κ3) is 9.42. The molecule has 17 nitrogen and oxygen atoms in total. The van der Waals surface area contributed by atoms with E-state index in [2.05, 4.69) is 45.5 Å². The Labute approximate surface area is 376 Å². The van der Waals surface area contributed by atoms with Crippen molar-refractivity contribution in [3.63, 3.8) is 0 Å². The van der Waals surface area contributed by atoms with Gasteiger partial charge in [-0.2, -0.15) is 5.11 Å². The highest BCUT2D eigenvalue weighted by molar-refractivity contribution is 6.01. The van der Waals surface area contributed by atoms with Crippen molar-refractivity contribution in [2.24, 2.45) is 33.7 Å². The van der Waals surface area contributed by atoms with E-state index in [0.29, 0.717) is 25.7 Å². The van der Waals surface area contributed by atoms with Crippen LogP contribution in [0.25, 0.3) is 0 Å². The first-order valence-corrected chi connectivity index (χ1v) is 23.3. The van der Waals surface area contributed by atoms with E-state index < -0.39 is 101 Å². The van der Waals surface area contributed by atoms with Crippen molar-refractivity contribution < 1.29 is 52.8 Å². The minimum atomic E-state index is -1.53. The molecule has 6 rings (SSSR count). The van der Waals surface area contributed by atoms with Gasteiger partial charge in [0, 0.05) is 22.7 Å². The fraction of sp³-hybridized carbons (Fsp3) is 0.745. The topological polar surface area (TPSA) is 244 Å². The zero-order valence-electron chi connectivity index (χ0n) is 38.5. The number of nitrogens with one attached hydrogen (secondary N) is 5. The first-order valence-electron chi connectivity index (χ1n) is 23.3. The van der Waals surface area contributed by atoms with E-state index in [1.807, 2.05) is 26.8 Å². The standard InChI is InChI=1S/C47H70N6O11/c1-8-14-39-63-37-22-35-45(7,23-33(55)40-44(6)19-18-32(54)21-31(44)17-20-46(35,40)53-48)47(37,64-39)36(56)24-61-26-49-41(58)28(3)51-43(60)30(5)52-42(59)29(4)50-38(57)25-62-34-16-13-11-9-10-12-15-27(34)2/h12,15,18-19,21,27-30,33-35,37,39-40,48,55H,8-11,13-14,16-17,20,22-26H2,1-7H3,(H,49,58)(H,50,57)(H,51,60)(H,52,59)/b15-12-,53-48?/t27?,28-,29?,30-,33-,34?,35?,37+,39?,40+,44-,45?,46+,47+/m0/s1. The highest BCUT2D eigenvalue weighted by Gasteiger charge is 2.79. The Kier molecular flexibility index (Phi) is 15.5. The molecule has 14 atom stereocenters. The molecule has 6 unspecified atom stereocenters. The molecule has 64 heavy (non-hydrogen) atoms. The fourth-order valence-corrected chi connectivity index (χ4v) is 11.9. The van der Waals surface area contributed by atoms with Gasteiger partial charge in [0.2, 0.25) is 23.6 Å². The van der Waals surface area contributed by atoms with Crippen molar-refractivity contribution in [1.82, 2.24) is 21.3 Å². The Bertz CT molecular complexity index is 1910. The number of hydrogen-bond donors (Lipinski definition) is 6. The number of carbonyl (C=O) groups is 6. The molecule has 6 N–H and O–H groups in total. The summed E-state index contributed by atoms with van der Waals surface area (Å²) in [4.78, 5) is 78.5. The summed E-state index contributed by atoms with van der Waals surface area (Å²) >= 11 is 0. The van der Waals surface area contributed by atoms with E-state index in [0.717, 1.165) is 44.1 Å². The Morgan fingerprint density at radius 3 is 2.41 bits per heavy atom. The van der Waals surface area contributed by atoms with Gasteiger partial charge in [-0.25, -0.2) is 5.53 Å². The van der Waals surface area contributed by atoms with Crippen molar-refractivity contribution in [3.8, 4) is 0 Å². The Morgan fingerprint density at radius 2 is 1.70 bits per heavy atom. The van der Waals surface area contributed by atoms with E-state index in [-0.39, 0.29) is 43.5 Å². The second kappa shape index (κ2) is 20.1. The fourth-order valence-electron chi connectivity index (χ4n) is 11.9. The second-order valence-electron chi connectivity index (χ2n) is 19.4. The largest absolute Gasteiger partial charge is 0.393 e. The van der Waals surface area contributed by atoms with Gasteiger partial charge in [-0.05, 0) is 90.2 Å². The molecular weight excluding hydrogens is 825 g/mol. The molecule has 1 heterocycles. The highest BCUT2D eigenvalue weighted by atomic mass is 16.7. The van der Waals surface area contributed by atoms with Crippen molar-refractivity contribution in [1.29, 1.82) is 5.53 Å². The van der Waals surface area contributed by atoms with Crippen LogP contribution < -0.4 is 21.3 Å². The van der Waals surface area contributed by atoms with Gasteiger partial charge in [-0.15, -0.1) is 0 Å². The molecule has 0 bridgehead atoms. The number of ketones is 2. The lowest BCUT2D eigenvalue weighted by molar-refractivity contribution is -0.206. The first kappa shape index (κ1) is 49.3. The number of ether oxygens (including phenoxy) is 4. The number of fused-ring (bicyclic) bond motifs is 7. The number of nitrogens with zero attached hydrogens (tertiary/aromatic N) is 1. The van der Waals surface area contributed by atoms with Crippen LogP contribution in [0, 0.1) is 34.1 Å². The van der Waals surface area contributed by atoms with E-state index in [1.165, 1.54) is 26.8 Å². The van der Waals surface area contributed by atoms with Crippen LogP contribution in [0.2, 0.25) is 0 Å². The number of amides is 4. The van der Waals surface area contributed by atoms with Crippen LogP contribution in [-0.4, -0.2) is 114 Å². The summed E-state index contributed by atoms with van der Waals surface area (Å²) < 4.78 is 24.8. The molecule has 4 amide bonds. The normalized spacial score (nSPS) is 37.3. The predicted octanol–water partition coefficient (Wildman–Crippen LogP) is 4.02. The first-order chi connectivity index (χ1) is 30.4. The van der Waals surface area contributed by atoms with E-state index in [9.17, 15) is 33.9 Å². The maximum absolute atomic E-state index is 14.6. The smallest absolute Gasteiger partial charge is 0.246 e. The van der Waals surface area contributed by atoms with Crippen molar-refractivity contribution >= 4 is 35.2 Å². The van der Waals surface area contributed by atoms with Gasteiger partial charge in [0.15, 0.2) is 23.5 Å². The molecule has 0 spiro atoms. The molecule has 5 aliphatic carbocycles. The van der Waals surface area contributed by atoms with Crippen LogP contribution in [0.3, 0.4) is 0 Å². The summed E-state index contributed by atoms with van der Waals surface area (Å²) in [6.45, 7) is 11.4. The summed E-state index contributed by atoms with van der Waals surface area (Å²) in [6.07, 6.45) is 14.7. The minimum absolute atomic E-state index is 0.101. The molecule has 17 heteroatoms. The van der Waals surface area contributed by atoms with Crippen molar-refractivity contribution in [3.05, 3.63) is 36.0 Å². The molecule has 0 radical (unpaired) electrons. The number of hydrogen-bond acceptors (Lipinski definition) is 13. The minimum Gasteiger partial charge on any atom is -0.393 e. The van der Waals surface area contributed by atoms with Crippen LogP contribution in [0.15, 0.2) is 41.1 Å². The number of rotatable bonds is 17. The van der Waals surface area contributed by atoms with Crippen molar-refractivity contribution in [2.45, 2.75) is 173 Å². The molecule has 354 valence electrons. The van der Waals surface area contributed by atoms with Gasteiger partial charge in [-0.3, -0.25) is 28.8 Å². The quantitative estimate of drug-likeness (QED) is 0.0527. The SMILES string of the molecule is CCCC1O[C@@H]2CC3C(C)(C[C@H](O)[C@@H]4[C@@]5(C)C=CC(=O)C=C5CC[C@@]34N=N)[C@]2(C(=O)COCNC(=O)[C@H](C)NC(=O)[C@H](C)NC(=O)C(C)NC(=O)COC2CCCCC/C=C\C2C)O1. The van der Waals surface area contributed by atoms with E-state index in [1.54, 1.807) is 6.08 Å². The van der Waals surface area contributed by atoms with Gasteiger partial charge in [0.25, 0.3) is 0 Å². The lowest BCUT2D eigenvalue weighted by Crippen LogP contribution is -2.69. The molecule has 6 aliphatic rings. The number of aliphatic hydroxyl groups excluding tert-OH is 1. The van der Waals surface area contributed by atoms with Crippen molar-refractivity contribution in [2.75, 3.05) is 19.9 Å². The number of allylic oxidation sites excluding steroid dienone is 5.